The molecule has 30 heavy (non-hydrogen) atoms. The minimum absolute atomic E-state index is 0.0994. The lowest BCUT2D eigenvalue weighted by Crippen LogP contribution is -2.17. The fourth-order valence-corrected chi connectivity index (χ4v) is 3.90. The Kier molecular flexibility index (Phi) is 7.28. The Hall–Kier alpha value is -2.65. The molecule has 2 N–H and O–H groups in total. The van der Waals surface area contributed by atoms with Crippen molar-refractivity contribution in [1.29, 1.82) is 0 Å². The second-order valence-electron chi connectivity index (χ2n) is 6.84. The van der Waals surface area contributed by atoms with Crippen molar-refractivity contribution in [2.75, 3.05) is 16.4 Å². The van der Waals surface area contributed by atoms with E-state index in [2.05, 4.69) is 36.8 Å². The number of anilines is 2. The third kappa shape index (κ3) is 5.93. The number of carbonyl (C=O) groups is 2. The van der Waals surface area contributed by atoms with Crippen molar-refractivity contribution in [3.63, 3.8) is 0 Å². The van der Waals surface area contributed by atoms with Gasteiger partial charge in [-0.05, 0) is 49.7 Å². The van der Waals surface area contributed by atoms with Crippen molar-refractivity contribution in [3.8, 4) is 0 Å². The van der Waals surface area contributed by atoms with E-state index in [1.54, 1.807) is 11.6 Å². The average Bonchev–Trinajstić information content (AvgIpc) is 3.04. The van der Waals surface area contributed by atoms with Gasteiger partial charge in [0.25, 0.3) is 0 Å². The maximum Gasteiger partial charge on any atom is 0.234 e. The van der Waals surface area contributed by atoms with Crippen LogP contribution in [0, 0.1) is 13.8 Å². The van der Waals surface area contributed by atoms with Crippen LogP contribution in [0.4, 0.5) is 11.4 Å². The predicted molar refractivity (Wildman–Crippen MR) is 123 cm³/mol. The molecule has 3 aromatic rings. The summed E-state index contributed by atoms with van der Waals surface area (Å²) in [4.78, 5) is 24.6. The molecule has 0 radical (unpaired) electrons. The number of amides is 2. The molecule has 0 bridgehead atoms. The number of benzene rings is 2. The molecule has 2 amide bonds. The molecule has 0 spiro atoms. The van der Waals surface area contributed by atoms with Crippen molar-refractivity contribution < 1.29 is 9.59 Å². The van der Waals surface area contributed by atoms with E-state index in [4.69, 9.17) is 0 Å². The van der Waals surface area contributed by atoms with Crippen LogP contribution < -0.4 is 10.6 Å². The number of rotatable bonds is 7. The predicted octanol–water partition coefficient (Wildman–Crippen LogP) is 4.11. The minimum atomic E-state index is -0.172. The summed E-state index contributed by atoms with van der Waals surface area (Å²) in [5, 5.41) is 14.5. The van der Waals surface area contributed by atoms with Gasteiger partial charge in [0.05, 0.1) is 12.2 Å². The van der Waals surface area contributed by atoms with Crippen molar-refractivity contribution in [3.05, 3.63) is 63.9 Å². The van der Waals surface area contributed by atoms with E-state index in [1.807, 2.05) is 56.3 Å². The van der Waals surface area contributed by atoms with Gasteiger partial charge in [0.2, 0.25) is 11.8 Å². The molecule has 3 rings (SSSR count). The van der Waals surface area contributed by atoms with Gasteiger partial charge >= 0.3 is 0 Å². The third-order valence-electron chi connectivity index (χ3n) is 4.37. The van der Waals surface area contributed by atoms with Crippen LogP contribution in [0.5, 0.6) is 0 Å². The van der Waals surface area contributed by atoms with E-state index in [0.717, 1.165) is 27.0 Å². The molecule has 0 saturated heterocycles. The third-order valence-corrected chi connectivity index (χ3v) is 5.89. The van der Waals surface area contributed by atoms with Crippen LogP contribution >= 0.6 is 27.7 Å². The Bertz CT molecular complexity index is 1070. The Balaban J connectivity index is 1.53. The van der Waals surface area contributed by atoms with Gasteiger partial charge in [0.15, 0.2) is 5.16 Å². The molecule has 0 aliphatic carbocycles. The van der Waals surface area contributed by atoms with Gasteiger partial charge in [-0.1, -0.05) is 45.4 Å². The van der Waals surface area contributed by atoms with Crippen LogP contribution in [0.2, 0.25) is 0 Å². The quantitative estimate of drug-likeness (QED) is 0.489. The van der Waals surface area contributed by atoms with Crippen LogP contribution in [0.1, 0.15) is 17.0 Å². The first-order valence-corrected chi connectivity index (χ1v) is 11.0. The topological polar surface area (TPSA) is 88.9 Å². The zero-order valence-electron chi connectivity index (χ0n) is 16.9. The van der Waals surface area contributed by atoms with Crippen molar-refractivity contribution in [2.45, 2.75) is 25.4 Å². The second kappa shape index (κ2) is 9.90. The molecule has 9 heteroatoms. The molecule has 0 unspecified atom stereocenters. The fourth-order valence-electron chi connectivity index (χ4n) is 2.69. The smallest absolute Gasteiger partial charge is 0.234 e. The van der Waals surface area contributed by atoms with Gasteiger partial charge in [-0.25, -0.2) is 0 Å². The van der Waals surface area contributed by atoms with Gasteiger partial charge in [0, 0.05) is 22.9 Å². The number of hydrogen-bond acceptors (Lipinski definition) is 5. The molecule has 2 aromatic carbocycles. The number of hydrogen-bond donors (Lipinski definition) is 2. The Morgan fingerprint density at radius 2 is 1.77 bits per heavy atom. The summed E-state index contributed by atoms with van der Waals surface area (Å²) in [6.45, 7) is 3.93. The average molecular weight is 488 g/mol. The molecule has 1 aromatic heterocycles. The Morgan fingerprint density at radius 3 is 2.47 bits per heavy atom. The molecular weight excluding hydrogens is 466 g/mol. The van der Waals surface area contributed by atoms with E-state index >= 15 is 0 Å². The van der Waals surface area contributed by atoms with Gasteiger partial charge in [-0.3, -0.25) is 9.59 Å². The highest BCUT2D eigenvalue weighted by atomic mass is 79.9. The molecule has 1 heterocycles. The summed E-state index contributed by atoms with van der Waals surface area (Å²) in [5.74, 6) is 0.421. The highest BCUT2D eigenvalue weighted by molar-refractivity contribution is 9.10. The SMILES string of the molecule is Cc1ccc(NC(=O)Cc2nnc(SCC(=O)Nc3ccc(Br)cc3C)n2C)cc1. The highest BCUT2D eigenvalue weighted by Gasteiger charge is 2.15. The lowest BCUT2D eigenvalue weighted by Gasteiger charge is -2.09. The van der Waals surface area contributed by atoms with E-state index in [9.17, 15) is 9.59 Å². The monoisotopic (exact) mass is 487 g/mol. The number of aromatic nitrogens is 3. The minimum Gasteiger partial charge on any atom is -0.326 e. The number of aryl methyl sites for hydroxylation is 2. The van der Waals surface area contributed by atoms with Crippen molar-refractivity contribution >= 4 is 50.9 Å². The van der Waals surface area contributed by atoms with Crippen molar-refractivity contribution in [2.24, 2.45) is 7.05 Å². The standard InChI is InChI=1S/C21H22BrN5O2S/c1-13-4-7-16(8-5-13)23-19(28)11-18-25-26-21(27(18)3)30-12-20(29)24-17-9-6-15(22)10-14(17)2/h4-10H,11-12H2,1-3H3,(H,23,28)(H,24,29). The summed E-state index contributed by atoms with van der Waals surface area (Å²) in [6, 6.07) is 13.3. The van der Waals surface area contributed by atoms with Gasteiger partial charge in [-0.15, -0.1) is 10.2 Å². The van der Waals surface area contributed by atoms with E-state index in [1.165, 1.54) is 11.8 Å². The van der Waals surface area contributed by atoms with E-state index in [0.29, 0.717) is 11.0 Å². The number of halogens is 1. The fraction of sp³-hybridized carbons (Fsp3) is 0.238. The summed E-state index contributed by atoms with van der Waals surface area (Å²) in [7, 11) is 1.79. The van der Waals surface area contributed by atoms with Gasteiger partial charge in [-0.2, -0.15) is 0 Å². The van der Waals surface area contributed by atoms with Gasteiger partial charge in [0.1, 0.15) is 5.82 Å². The molecule has 0 fully saturated rings. The molecule has 0 aliphatic heterocycles. The highest BCUT2D eigenvalue weighted by Crippen LogP contribution is 2.21. The normalized spacial score (nSPS) is 10.7. The zero-order valence-corrected chi connectivity index (χ0v) is 19.3. The molecule has 7 nitrogen and oxygen atoms in total. The summed E-state index contributed by atoms with van der Waals surface area (Å²) in [6.07, 6.45) is 0.0994. The molecule has 156 valence electrons. The first kappa shape index (κ1) is 22.0. The summed E-state index contributed by atoms with van der Waals surface area (Å²) < 4.78 is 2.70. The van der Waals surface area contributed by atoms with Crippen molar-refractivity contribution in [1.82, 2.24) is 14.8 Å². The van der Waals surface area contributed by atoms with Crippen LogP contribution in [-0.4, -0.2) is 32.3 Å². The summed E-state index contributed by atoms with van der Waals surface area (Å²) >= 11 is 4.68. The Labute approximate surface area is 187 Å². The lowest BCUT2D eigenvalue weighted by atomic mass is 10.2. The second-order valence-corrected chi connectivity index (χ2v) is 8.70. The summed E-state index contributed by atoms with van der Waals surface area (Å²) in [5.41, 5.74) is 3.61. The maximum absolute atomic E-state index is 12.3. The van der Waals surface area contributed by atoms with Crippen LogP contribution in [0.3, 0.4) is 0 Å². The van der Waals surface area contributed by atoms with Gasteiger partial charge < -0.3 is 15.2 Å². The lowest BCUT2D eigenvalue weighted by molar-refractivity contribution is -0.116. The first-order valence-electron chi connectivity index (χ1n) is 9.25. The zero-order chi connectivity index (χ0) is 21.7. The first-order chi connectivity index (χ1) is 14.3. The molecular formula is C21H22BrN5O2S. The number of carbonyl (C=O) groups excluding carboxylic acids is 2. The van der Waals surface area contributed by atoms with Crippen LogP contribution in [-0.2, 0) is 23.1 Å². The molecule has 0 saturated carbocycles. The van der Waals surface area contributed by atoms with Crippen LogP contribution in [0.15, 0.2) is 52.1 Å². The maximum atomic E-state index is 12.3. The molecule has 0 atom stereocenters. The van der Waals surface area contributed by atoms with Crippen LogP contribution in [0.25, 0.3) is 0 Å². The number of thioether (sulfide) groups is 1. The number of nitrogens with one attached hydrogen (secondary N) is 2. The van der Waals surface area contributed by atoms with E-state index in [-0.39, 0.29) is 24.0 Å². The number of nitrogens with zero attached hydrogens (tertiary/aromatic N) is 3. The molecule has 0 aliphatic rings. The largest absolute Gasteiger partial charge is 0.326 e. The Morgan fingerprint density at radius 1 is 1.03 bits per heavy atom. The van der Waals surface area contributed by atoms with E-state index < -0.39 is 0 Å².